The van der Waals surface area contributed by atoms with Gasteiger partial charge in [0.25, 0.3) is 0 Å². The lowest BCUT2D eigenvalue weighted by atomic mass is 10.3. The van der Waals surface area contributed by atoms with Crippen molar-refractivity contribution >= 4 is 11.7 Å². The van der Waals surface area contributed by atoms with Crippen molar-refractivity contribution in [1.29, 1.82) is 0 Å². The van der Waals surface area contributed by atoms with Gasteiger partial charge in [-0.05, 0) is 20.8 Å². The minimum Gasteiger partial charge on any atom is -0.462 e. The zero-order chi connectivity index (χ0) is 10.7. The highest BCUT2D eigenvalue weighted by atomic mass is 16.5. The van der Waals surface area contributed by atoms with E-state index >= 15 is 0 Å². The van der Waals surface area contributed by atoms with Gasteiger partial charge in [0.05, 0.1) is 12.3 Å². The molecule has 0 bridgehead atoms. The van der Waals surface area contributed by atoms with Gasteiger partial charge in [0, 0.05) is 18.4 Å². The lowest BCUT2D eigenvalue weighted by Crippen LogP contribution is -2.05. The number of nitrogen functional groups attached to an aromatic ring is 1. The molecule has 4 heteroatoms. The van der Waals surface area contributed by atoms with E-state index in [2.05, 4.69) is 0 Å². The summed E-state index contributed by atoms with van der Waals surface area (Å²) in [6.45, 7) is 6.18. The third kappa shape index (κ3) is 2.07. The quantitative estimate of drug-likeness (QED) is 0.750. The fourth-order valence-corrected chi connectivity index (χ4v) is 1.17. The second-order valence-corrected chi connectivity index (χ2v) is 3.39. The van der Waals surface area contributed by atoms with E-state index in [9.17, 15) is 4.79 Å². The molecule has 1 heterocycles. The average molecular weight is 196 g/mol. The second-order valence-electron chi connectivity index (χ2n) is 3.39. The van der Waals surface area contributed by atoms with Gasteiger partial charge in [-0.2, -0.15) is 0 Å². The molecule has 0 spiro atoms. The molecule has 0 unspecified atom stereocenters. The molecular weight excluding hydrogens is 180 g/mol. The average Bonchev–Trinajstić information content (AvgIpc) is 2.48. The van der Waals surface area contributed by atoms with E-state index in [4.69, 9.17) is 10.5 Å². The topological polar surface area (TPSA) is 57.2 Å². The number of nitrogens with zero attached hydrogens (tertiary/aromatic N) is 1. The van der Waals surface area contributed by atoms with Gasteiger partial charge in [-0.25, -0.2) is 4.79 Å². The maximum atomic E-state index is 11.4. The fraction of sp³-hybridized carbons (Fsp3) is 0.500. The highest BCUT2D eigenvalue weighted by Crippen LogP contribution is 2.17. The molecule has 0 fully saturated rings. The molecule has 0 aliphatic rings. The molecule has 0 saturated heterocycles. The standard InChI is InChI=1S/C10H16N2O2/c1-4-14-10(13)8-5-12(7(2)3)6-9(8)11/h5-7H,4,11H2,1-3H3. The second kappa shape index (κ2) is 4.17. The summed E-state index contributed by atoms with van der Waals surface area (Å²) < 4.78 is 6.76. The summed E-state index contributed by atoms with van der Waals surface area (Å²) in [6, 6.07) is 0.292. The SMILES string of the molecule is CCOC(=O)c1cn(C(C)C)cc1N. The third-order valence-corrected chi connectivity index (χ3v) is 1.97. The zero-order valence-electron chi connectivity index (χ0n) is 8.78. The van der Waals surface area contributed by atoms with Crippen LogP contribution in [0.2, 0.25) is 0 Å². The number of ether oxygens (including phenoxy) is 1. The summed E-state index contributed by atoms with van der Waals surface area (Å²) in [5.41, 5.74) is 6.60. The van der Waals surface area contributed by atoms with Gasteiger partial charge in [0.15, 0.2) is 0 Å². The third-order valence-electron chi connectivity index (χ3n) is 1.97. The predicted molar refractivity (Wildman–Crippen MR) is 55.2 cm³/mol. The van der Waals surface area contributed by atoms with Gasteiger partial charge in [-0.15, -0.1) is 0 Å². The molecule has 1 rings (SSSR count). The Morgan fingerprint density at radius 2 is 2.21 bits per heavy atom. The van der Waals surface area contributed by atoms with Crippen molar-refractivity contribution in [2.45, 2.75) is 26.8 Å². The van der Waals surface area contributed by atoms with Crippen molar-refractivity contribution in [3.05, 3.63) is 18.0 Å². The minimum atomic E-state index is -0.357. The molecular formula is C10H16N2O2. The molecule has 0 saturated carbocycles. The normalized spacial score (nSPS) is 10.6. The first kappa shape index (κ1) is 10.6. The highest BCUT2D eigenvalue weighted by Gasteiger charge is 2.14. The number of hydrogen-bond donors (Lipinski definition) is 1. The van der Waals surface area contributed by atoms with Crippen LogP contribution in [0.4, 0.5) is 5.69 Å². The Hall–Kier alpha value is -1.45. The molecule has 0 aliphatic carbocycles. The van der Waals surface area contributed by atoms with E-state index in [0.717, 1.165) is 0 Å². The van der Waals surface area contributed by atoms with Gasteiger partial charge in [0.1, 0.15) is 5.56 Å². The van der Waals surface area contributed by atoms with Crippen LogP contribution < -0.4 is 5.73 Å². The summed E-state index contributed by atoms with van der Waals surface area (Å²) in [5.74, 6) is -0.357. The smallest absolute Gasteiger partial charge is 0.341 e. The Labute approximate surface area is 83.7 Å². The molecule has 0 aliphatic heterocycles. The van der Waals surface area contributed by atoms with Crippen LogP contribution in [0.15, 0.2) is 12.4 Å². The molecule has 4 nitrogen and oxygen atoms in total. The van der Waals surface area contributed by atoms with Crippen LogP contribution in [0.1, 0.15) is 37.2 Å². The maximum Gasteiger partial charge on any atom is 0.341 e. The Balaban J connectivity index is 2.92. The Kier molecular flexibility index (Phi) is 3.17. The number of hydrogen-bond acceptors (Lipinski definition) is 3. The lowest BCUT2D eigenvalue weighted by molar-refractivity contribution is 0.0527. The van der Waals surface area contributed by atoms with Crippen LogP contribution in [-0.2, 0) is 4.74 Å². The van der Waals surface area contributed by atoms with Crippen LogP contribution in [0.25, 0.3) is 0 Å². The molecule has 0 aromatic carbocycles. The summed E-state index contributed by atoms with van der Waals surface area (Å²) in [7, 11) is 0. The van der Waals surface area contributed by atoms with Crippen LogP contribution in [-0.4, -0.2) is 17.1 Å². The highest BCUT2D eigenvalue weighted by molar-refractivity contribution is 5.94. The Morgan fingerprint density at radius 3 is 2.64 bits per heavy atom. The number of aromatic nitrogens is 1. The Morgan fingerprint density at radius 1 is 1.57 bits per heavy atom. The first-order valence-electron chi connectivity index (χ1n) is 4.70. The van der Waals surface area contributed by atoms with Gasteiger partial charge < -0.3 is 15.0 Å². The number of carbonyl (C=O) groups excluding carboxylic acids is 1. The maximum absolute atomic E-state index is 11.4. The van der Waals surface area contributed by atoms with Gasteiger partial charge in [-0.3, -0.25) is 0 Å². The molecule has 1 aromatic rings. The monoisotopic (exact) mass is 196 g/mol. The summed E-state index contributed by atoms with van der Waals surface area (Å²) in [5, 5.41) is 0. The van der Waals surface area contributed by atoms with E-state index in [1.165, 1.54) is 0 Å². The molecule has 78 valence electrons. The van der Waals surface area contributed by atoms with E-state index in [1.54, 1.807) is 19.3 Å². The van der Waals surface area contributed by atoms with Crippen molar-refractivity contribution < 1.29 is 9.53 Å². The molecule has 0 radical (unpaired) electrons. The molecule has 2 N–H and O–H groups in total. The molecule has 0 atom stereocenters. The number of rotatable bonds is 3. The first-order valence-corrected chi connectivity index (χ1v) is 4.70. The van der Waals surface area contributed by atoms with Crippen molar-refractivity contribution in [3.63, 3.8) is 0 Å². The molecule has 0 amide bonds. The van der Waals surface area contributed by atoms with E-state index in [-0.39, 0.29) is 5.97 Å². The van der Waals surface area contributed by atoms with Gasteiger partial charge >= 0.3 is 5.97 Å². The lowest BCUT2D eigenvalue weighted by Gasteiger charge is -2.04. The van der Waals surface area contributed by atoms with E-state index in [0.29, 0.717) is 23.9 Å². The molecule has 14 heavy (non-hydrogen) atoms. The Bertz CT molecular complexity index is 329. The largest absolute Gasteiger partial charge is 0.462 e. The predicted octanol–water partition coefficient (Wildman–Crippen LogP) is 1.83. The summed E-state index contributed by atoms with van der Waals surface area (Å²) >= 11 is 0. The van der Waals surface area contributed by atoms with E-state index in [1.807, 2.05) is 18.4 Å². The van der Waals surface area contributed by atoms with E-state index < -0.39 is 0 Å². The van der Waals surface area contributed by atoms with Gasteiger partial charge in [0.2, 0.25) is 0 Å². The van der Waals surface area contributed by atoms with Crippen LogP contribution in [0, 0.1) is 0 Å². The number of carbonyl (C=O) groups is 1. The molecule has 1 aromatic heterocycles. The van der Waals surface area contributed by atoms with Gasteiger partial charge in [-0.1, -0.05) is 0 Å². The number of nitrogens with two attached hydrogens (primary N) is 1. The fourth-order valence-electron chi connectivity index (χ4n) is 1.17. The zero-order valence-corrected chi connectivity index (χ0v) is 8.78. The first-order chi connectivity index (χ1) is 6.56. The van der Waals surface area contributed by atoms with Crippen molar-refractivity contribution in [1.82, 2.24) is 4.57 Å². The van der Waals surface area contributed by atoms with Crippen LogP contribution >= 0.6 is 0 Å². The summed E-state index contributed by atoms with van der Waals surface area (Å²) in [4.78, 5) is 11.4. The minimum absolute atomic E-state index is 0.292. The van der Waals surface area contributed by atoms with Crippen molar-refractivity contribution in [2.24, 2.45) is 0 Å². The van der Waals surface area contributed by atoms with Crippen LogP contribution in [0.3, 0.4) is 0 Å². The number of esters is 1. The van der Waals surface area contributed by atoms with Crippen molar-refractivity contribution in [3.8, 4) is 0 Å². The van der Waals surface area contributed by atoms with Crippen LogP contribution in [0.5, 0.6) is 0 Å². The van der Waals surface area contributed by atoms with Crippen molar-refractivity contribution in [2.75, 3.05) is 12.3 Å². The number of anilines is 1. The summed E-state index contributed by atoms with van der Waals surface area (Å²) in [6.07, 6.45) is 3.47.